The summed E-state index contributed by atoms with van der Waals surface area (Å²) in [5.41, 5.74) is 1.20. The third kappa shape index (κ3) is 2.87. The maximum atomic E-state index is 13.3. The van der Waals surface area contributed by atoms with E-state index in [9.17, 15) is 4.79 Å². The zero-order valence-corrected chi connectivity index (χ0v) is 17.0. The lowest BCUT2D eigenvalue weighted by molar-refractivity contribution is -0.0156. The van der Waals surface area contributed by atoms with Crippen LogP contribution in [0.3, 0.4) is 0 Å². The maximum Gasteiger partial charge on any atom is 0.319 e. The van der Waals surface area contributed by atoms with Crippen LogP contribution in [0.25, 0.3) is 0 Å². The Morgan fingerprint density at radius 2 is 1.71 bits per heavy atom. The van der Waals surface area contributed by atoms with E-state index in [0.29, 0.717) is 13.2 Å². The van der Waals surface area contributed by atoms with Crippen molar-refractivity contribution in [3.63, 3.8) is 0 Å². The standard InChI is InChI=1S/C22H28N2O3S/c25-21(23-22-11-14-7-15(12-22)9-16(8-14)13-22)24-3-6-28-20(24)17-1-2-18-19(10-17)27-5-4-26-18/h1-2,10,14-16,20H,3-9,11-13H2,(H,23,25)/t14?,15?,16?,20-,22?/m1/s1. The molecular formula is C22H28N2O3S. The van der Waals surface area contributed by atoms with Crippen molar-refractivity contribution in [2.75, 3.05) is 25.5 Å². The first-order chi connectivity index (χ1) is 13.7. The molecule has 6 aliphatic rings. The molecule has 7 rings (SSSR count). The number of urea groups is 1. The number of nitrogens with one attached hydrogen (secondary N) is 1. The van der Waals surface area contributed by atoms with Crippen molar-refractivity contribution in [2.24, 2.45) is 17.8 Å². The largest absolute Gasteiger partial charge is 0.486 e. The van der Waals surface area contributed by atoms with Gasteiger partial charge in [-0.25, -0.2) is 4.79 Å². The molecule has 0 radical (unpaired) electrons. The van der Waals surface area contributed by atoms with Crippen molar-refractivity contribution in [3.05, 3.63) is 23.8 Å². The molecule has 4 saturated carbocycles. The number of nitrogens with zero attached hydrogens (tertiary/aromatic N) is 1. The molecule has 1 aromatic rings. The molecule has 2 amide bonds. The highest BCUT2D eigenvalue weighted by atomic mass is 32.2. The van der Waals surface area contributed by atoms with Gasteiger partial charge in [-0.15, -0.1) is 11.8 Å². The van der Waals surface area contributed by atoms with Crippen molar-refractivity contribution < 1.29 is 14.3 Å². The summed E-state index contributed by atoms with van der Waals surface area (Å²) in [5, 5.41) is 3.61. The number of ether oxygens (including phenoxy) is 2. The number of rotatable bonds is 2. The molecular weight excluding hydrogens is 372 g/mol. The molecule has 4 aliphatic carbocycles. The lowest BCUT2D eigenvalue weighted by Gasteiger charge is -2.57. The number of carbonyl (C=O) groups is 1. The second kappa shape index (κ2) is 6.48. The van der Waals surface area contributed by atoms with Gasteiger partial charge in [0.25, 0.3) is 0 Å². The highest BCUT2D eigenvalue weighted by molar-refractivity contribution is 7.99. The Balaban J connectivity index is 1.21. The van der Waals surface area contributed by atoms with Crippen LogP contribution in [0.2, 0.25) is 0 Å². The Morgan fingerprint density at radius 3 is 2.43 bits per heavy atom. The van der Waals surface area contributed by atoms with Crippen LogP contribution in [0, 0.1) is 17.8 Å². The summed E-state index contributed by atoms with van der Waals surface area (Å²) in [6.45, 7) is 2.00. The molecule has 0 unspecified atom stereocenters. The van der Waals surface area contributed by atoms with Gasteiger partial charge in [-0.2, -0.15) is 0 Å². The Hall–Kier alpha value is -1.56. The normalized spacial score (nSPS) is 37.9. The van der Waals surface area contributed by atoms with E-state index in [1.807, 2.05) is 22.7 Å². The Bertz CT molecular complexity index is 763. The van der Waals surface area contributed by atoms with Gasteiger partial charge in [-0.05, 0) is 74.0 Å². The van der Waals surface area contributed by atoms with Crippen LogP contribution in [0.5, 0.6) is 11.5 Å². The van der Waals surface area contributed by atoms with Crippen LogP contribution >= 0.6 is 11.8 Å². The maximum absolute atomic E-state index is 13.3. The highest BCUT2D eigenvalue weighted by Gasteiger charge is 2.52. The van der Waals surface area contributed by atoms with E-state index in [-0.39, 0.29) is 16.9 Å². The van der Waals surface area contributed by atoms with Gasteiger partial charge in [-0.1, -0.05) is 6.07 Å². The van der Waals surface area contributed by atoms with Gasteiger partial charge in [0.05, 0.1) is 0 Å². The van der Waals surface area contributed by atoms with E-state index in [4.69, 9.17) is 9.47 Å². The predicted molar refractivity (Wildman–Crippen MR) is 109 cm³/mol. The van der Waals surface area contributed by atoms with Crippen molar-refractivity contribution in [1.29, 1.82) is 0 Å². The zero-order chi connectivity index (χ0) is 18.7. The fraction of sp³-hybridized carbons (Fsp3) is 0.682. The summed E-state index contributed by atoms with van der Waals surface area (Å²) in [5.74, 6) is 5.11. The number of fused-ring (bicyclic) bond motifs is 1. The van der Waals surface area contributed by atoms with Gasteiger partial charge in [0.2, 0.25) is 0 Å². The first-order valence-electron chi connectivity index (χ1n) is 10.8. The fourth-order valence-electron chi connectivity index (χ4n) is 6.73. The molecule has 6 heteroatoms. The zero-order valence-electron chi connectivity index (χ0n) is 16.2. The molecule has 2 heterocycles. The molecule has 28 heavy (non-hydrogen) atoms. The van der Waals surface area contributed by atoms with Crippen molar-refractivity contribution in [3.8, 4) is 11.5 Å². The molecule has 1 N–H and O–H groups in total. The van der Waals surface area contributed by atoms with Crippen molar-refractivity contribution in [2.45, 2.75) is 49.4 Å². The number of carbonyl (C=O) groups excluding carboxylic acids is 1. The number of hydrogen-bond acceptors (Lipinski definition) is 4. The van der Waals surface area contributed by atoms with Gasteiger partial charge < -0.3 is 19.7 Å². The van der Waals surface area contributed by atoms with Crippen LogP contribution in [-0.4, -0.2) is 42.0 Å². The minimum Gasteiger partial charge on any atom is -0.486 e. The second-order valence-corrected chi connectivity index (χ2v) is 10.6. The molecule has 5 fully saturated rings. The van der Waals surface area contributed by atoms with Crippen LogP contribution in [0.1, 0.15) is 49.5 Å². The van der Waals surface area contributed by atoms with E-state index in [1.54, 1.807) is 0 Å². The summed E-state index contributed by atoms with van der Waals surface area (Å²) in [6.07, 6.45) is 7.78. The minimum atomic E-state index is 0.0599. The number of benzene rings is 1. The molecule has 0 spiro atoms. The molecule has 150 valence electrons. The molecule has 4 bridgehead atoms. The molecule has 2 aliphatic heterocycles. The van der Waals surface area contributed by atoms with Gasteiger partial charge >= 0.3 is 6.03 Å². The van der Waals surface area contributed by atoms with E-state index in [2.05, 4.69) is 17.4 Å². The average molecular weight is 401 g/mol. The number of hydrogen-bond donors (Lipinski definition) is 1. The summed E-state index contributed by atoms with van der Waals surface area (Å²) >= 11 is 1.84. The molecule has 5 nitrogen and oxygen atoms in total. The molecule has 1 saturated heterocycles. The minimum absolute atomic E-state index is 0.0599. The third-order valence-electron chi connectivity index (χ3n) is 7.41. The van der Waals surface area contributed by atoms with E-state index in [1.165, 1.54) is 38.5 Å². The second-order valence-electron chi connectivity index (χ2n) is 9.45. The summed E-state index contributed by atoms with van der Waals surface area (Å²) in [7, 11) is 0. The first kappa shape index (κ1) is 17.3. The Labute approximate surface area is 170 Å². The SMILES string of the molecule is O=C(NC12CC3CC(CC(C3)C1)C2)N1CCS[C@@H]1c1ccc2c(c1)OCCO2. The monoisotopic (exact) mass is 400 g/mol. The quantitative estimate of drug-likeness (QED) is 0.809. The van der Waals surface area contributed by atoms with Gasteiger partial charge in [0.1, 0.15) is 18.6 Å². The van der Waals surface area contributed by atoms with Gasteiger partial charge in [0.15, 0.2) is 11.5 Å². The topological polar surface area (TPSA) is 50.8 Å². The van der Waals surface area contributed by atoms with Crippen molar-refractivity contribution in [1.82, 2.24) is 10.2 Å². The van der Waals surface area contributed by atoms with E-state index < -0.39 is 0 Å². The van der Waals surface area contributed by atoms with Crippen LogP contribution < -0.4 is 14.8 Å². The summed E-state index contributed by atoms with van der Waals surface area (Å²) < 4.78 is 11.4. The third-order valence-corrected chi connectivity index (χ3v) is 8.67. The number of thioether (sulfide) groups is 1. The van der Waals surface area contributed by atoms with Crippen LogP contribution in [0.4, 0.5) is 4.79 Å². The summed E-state index contributed by atoms with van der Waals surface area (Å²) in [6, 6.07) is 6.26. The van der Waals surface area contributed by atoms with Crippen LogP contribution in [-0.2, 0) is 0 Å². The van der Waals surface area contributed by atoms with E-state index in [0.717, 1.165) is 47.1 Å². The molecule has 0 aromatic heterocycles. The Kier molecular flexibility index (Phi) is 4.00. The molecule has 1 aromatic carbocycles. The van der Waals surface area contributed by atoms with Crippen molar-refractivity contribution >= 4 is 17.8 Å². The van der Waals surface area contributed by atoms with Gasteiger partial charge in [0, 0.05) is 17.8 Å². The smallest absolute Gasteiger partial charge is 0.319 e. The molecule has 1 atom stereocenters. The predicted octanol–water partition coefficient (Wildman–Crippen LogP) is 4.18. The highest BCUT2D eigenvalue weighted by Crippen LogP contribution is 2.55. The Morgan fingerprint density at radius 1 is 1.04 bits per heavy atom. The lowest BCUT2D eigenvalue weighted by atomic mass is 9.53. The first-order valence-corrected chi connectivity index (χ1v) is 11.8. The fourth-order valence-corrected chi connectivity index (χ4v) is 7.98. The lowest BCUT2D eigenvalue weighted by Crippen LogP contribution is -2.61. The average Bonchev–Trinajstić information content (AvgIpc) is 3.16. The van der Waals surface area contributed by atoms with Crippen LogP contribution in [0.15, 0.2) is 18.2 Å². The summed E-state index contributed by atoms with van der Waals surface area (Å²) in [4.78, 5) is 15.4. The number of amides is 2. The van der Waals surface area contributed by atoms with Gasteiger partial charge in [-0.3, -0.25) is 0 Å². The van der Waals surface area contributed by atoms with E-state index >= 15 is 0 Å².